The van der Waals surface area contributed by atoms with Crippen LogP contribution in [0.5, 0.6) is 0 Å². The van der Waals surface area contributed by atoms with E-state index in [1.54, 1.807) is 11.3 Å². The number of aromatic nitrogens is 3. The van der Waals surface area contributed by atoms with Gasteiger partial charge in [-0.05, 0) is 47.1 Å². The third-order valence-electron chi connectivity index (χ3n) is 3.17. The first-order chi connectivity index (χ1) is 9.78. The molecule has 1 saturated heterocycles. The van der Waals surface area contributed by atoms with E-state index in [-0.39, 0.29) is 0 Å². The van der Waals surface area contributed by atoms with Crippen LogP contribution >= 0.6 is 27.3 Å². The first-order valence-electron chi connectivity index (χ1n) is 6.76. The van der Waals surface area contributed by atoms with Crippen LogP contribution in [-0.2, 0) is 0 Å². The number of halogens is 1. The van der Waals surface area contributed by atoms with E-state index in [9.17, 15) is 0 Å². The Bertz CT molecular complexity index is 594. The Hall–Kier alpha value is -1.21. The normalized spacial score (nSPS) is 14.8. The molecular formula is C13H16BrN5S. The summed E-state index contributed by atoms with van der Waals surface area (Å²) in [6, 6.07) is 2.02. The third kappa shape index (κ3) is 2.78. The lowest BCUT2D eigenvalue weighted by molar-refractivity contribution is 0.882. The fourth-order valence-electron chi connectivity index (χ4n) is 2.22. The van der Waals surface area contributed by atoms with Crippen molar-refractivity contribution in [3.63, 3.8) is 0 Å². The number of rotatable bonds is 4. The molecule has 0 saturated carbocycles. The van der Waals surface area contributed by atoms with Crippen molar-refractivity contribution in [1.29, 1.82) is 0 Å². The van der Waals surface area contributed by atoms with Crippen molar-refractivity contribution in [2.24, 2.45) is 0 Å². The summed E-state index contributed by atoms with van der Waals surface area (Å²) < 4.78 is 1.03. The lowest BCUT2D eigenvalue weighted by Crippen LogP contribution is -2.21. The molecule has 106 valence electrons. The van der Waals surface area contributed by atoms with Gasteiger partial charge in [-0.3, -0.25) is 0 Å². The van der Waals surface area contributed by atoms with E-state index in [2.05, 4.69) is 41.1 Å². The molecule has 2 aromatic rings. The molecule has 0 aliphatic carbocycles. The molecule has 7 heteroatoms. The molecule has 0 unspecified atom stereocenters. The molecule has 1 fully saturated rings. The van der Waals surface area contributed by atoms with Crippen molar-refractivity contribution < 1.29 is 0 Å². The van der Waals surface area contributed by atoms with Crippen LogP contribution in [0.25, 0.3) is 10.7 Å². The zero-order valence-corrected chi connectivity index (χ0v) is 13.7. The Kier molecular flexibility index (Phi) is 4.16. The van der Waals surface area contributed by atoms with Gasteiger partial charge < -0.3 is 10.2 Å². The van der Waals surface area contributed by atoms with E-state index in [0.29, 0.717) is 5.95 Å². The number of nitrogens with zero attached hydrogens (tertiary/aromatic N) is 4. The van der Waals surface area contributed by atoms with Gasteiger partial charge in [-0.25, -0.2) is 0 Å². The first-order valence-corrected chi connectivity index (χ1v) is 8.43. The monoisotopic (exact) mass is 353 g/mol. The first kappa shape index (κ1) is 13.8. The standard InChI is InChI=1S/C13H16BrN5S/c1-2-15-12-16-11(10-9(14)5-8-20-10)17-13(18-12)19-6-3-4-7-19/h5,8H,2-4,6-7H2,1H3,(H,15,16,17,18). The Labute approximate surface area is 130 Å². The molecule has 0 aromatic carbocycles. The Morgan fingerprint density at radius 3 is 2.75 bits per heavy atom. The molecule has 20 heavy (non-hydrogen) atoms. The Morgan fingerprint density at radius 1 is 1.30 bits per heavy atom. The van der Waals surface area contributed by atoms with Crippen molar-refractivity contribution >= 4 is 39.2 Å². The van der Waals surface area contributed by atoms with Gasteiger partial charge in [0, 0.05) is 24.1 Å². The molecule has 1 aliphatic rings. The van der Waals surface area contributed by atoms with Gasteiger partial charge in [0.25, 0.3) is 0 Å². The minimum absolute atomic E-state index is 0.653. The van der Waals surface area contributed by atoms with Crippen molar-refractivity contribution in [1.82, 2.24) is 15.0 Å². The molecule has 0 amide bonds. The topological polar surface area (TPSA) is 53.9 Å². The highest BCUT2D eigenvalue weighted by atomic mass is 79.9. The summed E-state index contributed by atoms with van der Waals surface area (Å²) >= 11 is 5.19. The van der Waals surface area contributed by atoms with Crippen LogP contribution in [0.2, 0.25) is 0 Å². The molecule has 0 radical (unpaired) electrons. The van der Waals surface area contributed by atoms with Crippen molar-refractivity contribution in [3.05, 3.63) is 15.9 Å². The van der Waals surface area contributed by atoms with Crippen LogP contribution < -0.4 is 10.2 Å². The predicted molar refractivity (Wildman–Crippen MR) is 86.5 cm³/mol. The average molecular weight is 354 g/mol. The predicted octanol–water partition coefficient (Wildman–Crippen LogP) is 3.39. The number of thiophene rings is 1. The van der Waals surface area contributed by atoms with Crippen LogP contribution in [-0.4, -0.2) is 34.6 Å². The van der Waals surface area contributed by atoms with E-state index in [1.165, 1.54) is 12.8 Å². The van der Waals surface area contributed by atoms with Crippen molar-refractivity contribution in [2.75, 3.05) is 29.9 Å². The summed E-state index contributed by atoms with van der Waals surface area (Å²) in [6.45, 7) is 4.90. The van der Waals surface area contributed by atoms with Crippen LogP contribution in [0, 0.1) is 0 Å². The third-order valence-corrected chi connectivity index (χ3v) is 5.00. The highest BCUT2D eigenvalue weighted by Gasteiger charge is 2.19. The maximum atomic E-state index is 4.65. The molecule has 1 aliphatic heterocycles. The summed E-state index contributed by atoms with van der Waals surface area (Å²) in [5, 5.41) is 5.23. The number of anilines is 2. The molecule has 5 nitrogen and oxygen atoms in total. The zero-order chi connectivity index (χ0) is 13.9. The van der Waals surface area contributed by atoms with E-state index in [0.717, 1.165) is 40.8 Å². The van der Waals surface area contributed by atoms with Crippen molar-refractivity contribution in [3.8, 4) is 10.7 Å². The molecule has 0 spiro atoms. The van der Waals surface area contributed by atoms with Crippen LogP contribution in [0.15, 0.2) is 15.9 Å². The maximum Gasteiger partial charge on any atom is 0.230 e. The molecule has 0 atom stereocenters. The Morgan fingerprint density at radius 2 is 2.10 bits per heavy atom. The van der Waals surface area contributed by atoms with Gasteiger partial charge >= 0.3 is 0 Å². The summed E-state index contributed by atoms with van der Waals surface area (Å²) in [4.78, 5) is 17.0. The summed E-state index contributed by atoms with van der Waals surface area (Å²) in [5.74, 6) is 2.17. The van der Waals surface area contributed by atoms with Gasteiger partial charge in [0.05, 0.1) is 4.88 Å². The van der Waals surface area contributed by atoms with Crippen molar-refractivity contribution in [2.45, 2.75) is 19.8 Å². The fraction of sp³-hybridized carbons (Fsp3) is 0.462. The summed E-state index contributed by atoms with van der Waals surface area (Å²) in [5.41, 5.74) is 0. The van der Waals surface area contributed by atoms with E-state index >= 15 is 0 Å². The molecule has 3 heterocycles. The van der Waals surface area contributed by atoms with E-state index < -0.39 is 0 Å². The lowest BCUT2D eigenvalue weighted by atomic mass is 10.4. The summed E-state index contributed by atoms with van der Waals surface area (Å²) in [6.07, 6.45) is 2.42. The van der Waals surface area contributed by atoms with Crippen LogP contribution in [0.4, 0.5) is 11.9 Å². The minimum atomic E-state index is 0.653. The SMILES string of the molecule is CCNc1nc(-c2sccc2Br)nc(N2CCCC2)n1. The largest absolute Gasteiger partial charge is 0.354 e. The zero-order valence-electron chi connectivity index (χ0n) is 11.3. The van der Waals surface area contributed by atoms with Gasteiger partial charge in [-0.1, -0.05) is 0 Å². The van der Waals surface area contributed by atoms with E-state index in [1.807, 2.05) is 18.4 Å². The molecule has 3 rings (SSSR count). The van der Waals surface area contributed by atoms with Gasteiger partial charge in [-0.15, -0.1) is 11.3 Å². The second-order valence-corrected chi connectivity index (χ2v) is 6.38. The number of nitrogens with one attached hydrogen (secondary N) is 1. The highest BCUT2D eigenvalue weighted by Crippen LogP contribution is 2.32. The van der Waals surface area contributed by atoms with Gasteiger partial charge in [0.2, 0.25) is 11.9 Å². The average Bonchev–Trinajstić information content (AvgIpc) is 3.09. The van der Waals surface area contributed by atoms with Gasteiger partial charge in [0.15, 0.2) is 5.82 Å². The smallest absolute Gasteiger partial charge is 0.230 e. The molecule has 1 N–H and O–H groups in total. The van der Waals surface area contributed by atoms with Crippen LogP contribution in [0.1, 0.15) is 19.8 Å². The minimum Gasteiger partial charge on any atom is -0.354 e. The fourth-order valence-corrected chi connectivity index (χ4v) is 3.70. The second kappa shape index (κ2) is 6.05. The van der Waals surface area contributed by atoms with Crippen LogP contribution in [0.3, 0.4) is 0 Å². The summed E-state index contributed by atoms with van der Waals surface area (Å²) in [7, 11) is 0. The number of hydrogen-bond donors (Lipinski definition) is 1. The highest BCUT2D eigenvalue weighted by molar-refractivity contribution is 9.10. The van der Waals surface area contributed by atoms with E-state index in [4.69, 9.17) is 0 Å². The van der Waals surface area contributed by atoms with Gasteiger partial charge in [0.1, 0.15) is 0 Å². The molecule has 2 aromatic heterocycles. The van der Waals surface area contributed by atoms with Gasteiger partial charge in [-0.2, -0.15) is 15.0 Å². The number of hydrogen-bond acceptors (Lipinski definition) is 6. The Balaban J connectivity index is 2.02. The molecular weight excluding hydrogens is 338 g/mol. The molecule has 0 bridgehead atoms. The lowest BCUT2D eigenvalue weighted by Gasteiger charge is -2.16. The quantitative estimate of drug-likeness (QED) is 0.912. The second-order valence-electron chi connectivity index (χ2n) is 4.60. The maximum absolute atomic E-state index is 4.65.